The van der Waals surface area contributed by atoms with Crippen molar-refractivity contribution in [1.82, 2.24) is 20.3 Å². The molecule has 35 heavy (non-hydrogen) atoms. The van der Waals surface area contributed by atoms with Crippen molar-refractivity contribution in [2.45, 2.75) is 6.04 Å². The molecule has 1 unspecified atom stereocenters. The second kappa shape index (κ2) is 9.01. The molecule has 2 aromatic carbocycles. The van der Waals surface area contributed by atoms with Gasteiger partial charge in [0.2, 0.25) is 12.7 Å². The molecule has 2 aliphatic heterocycles. The van der Waals surface area contributed by atoms with Crippen LogP contribution in [0.4, 0.5) is 11.5 Å². The van der Waals surface area contributed by atoms with Gasteiger partial charge >= 0.3 is 0 Å². The second-order valence-electron chi connectivity index (χ2n) is 8.27. The molecule has 0 aliphatic carbocycles. The first-order valence-corrected chi connectivity index (χ1v) is 11.6. The molecule has 4 heterocycles. The summed E-state index contributed by atoms with van der Waals surface area (Å²) in [5.41, 5.74) is 3.82. The fourth-order valence-electron chi connectivity index (χ4n) is 4.36. The largest absolute Gasteiger partial charge is 0.454 e. The number of halogens is 1. The van der Waals surface area contributed by atoms with Crippen LogP contribution in [0, 0.1) is 0 Å². The van der Waals surface area contributed by atoms with E-state index in [2.05, 4.69) is 20.6 Å². The Labute approximate surface area is 206 Å². The zero-order valence-corrected chi connectivity index (χ0v) is 19.3. The molecule has 1 atom stereocenters. The number of benzene rings is 2. The molecule has 4 aromatic rings. The van der Waals surface area contributed by atoms with E-state index in [9.17, 15) is 4.79 Å². The Morgan fingerprint density at radius 2 is 1.97 bits per heavy atom. The van der Waals surface area contributed by atoms with E-state index in [1.54, 1.807) is 24.4 Å². The predicted molar refractivity (Wildman–Crippen MR) is 133 cm³/mol. The summed E-state index contributed by atoms with van der Waals surface area (Å²) in [6.07, 6.45) is 3.30. The van der Waals surface area contributed by atoms with Gasteiger partial charge in [0.1, 0.15) is 17.9 Å². The van der Waals surface area contributed by atoms with E-state index < -0.39 is 6.04 Å². The maximum Gasteiger partial charge on any atom is 0.248 e. The van der Waals surface area contributed by atoms with Gasteiger partial charge in [-0.05, 0) is 42.0 Å². The Bertz CT molecular complexity index is 1430. The molecule has 176 valence electrons. The van der Waals surface area contributed by atoms with Gasteiger partial charge in [-0.2, -0.15) is 0 Å². The van der Waals surface area contributed by atoms with Gasteiger partial charge in [0.15, 0.2) is 17.3 Å². The molecule has 9 nitrogen and oxygen atoms in total. The normalized spacial score (nSPS) is 16.9. The topological polar surface area (TPSA) is 102 Å². The van der Waals surface area contributed by atoms with E-state index in [0.29, 0.717) is 46.4 Å². The highest BCUT2D eigenvalue weighted by atomic mass is 35.5. The number of amides is 1. The van der Waals surface area contributed by atoms with Crippen LogP contribution < -0.4 is 25.0 Å². The van der Waals surface area contributed by atoms with Crippen molar-refractivity contribution in [3.63, 3.8) is 0 Å². The molecule has 1 amide bonds. The van der Waals surface area contributed by atoms with E-state index in [-0.39, 0.29) is 12.7 Å². The van der Waals surface area contributed by atoms with Gasteiger partial charge in [-0.15, -0.1) is 0 Å². The van der Waals surface area contributed by atoms with Crippen LogP contribution in [-0.4, -0.2) is 53.3 Å². The van der Waals surface area contributed by atoms with Gasteiger partial charge in [-0.25, -0.2) is 9.97 Å². The van der Waals surface area contributed by atoms with Gasteiger partial charge in [0.05, 0.1) is 5.52 Å². The summed E-state index contributed by atoms with van der Waals surface area (Å²) in [7, 11) is 0. The molecule has 1 saturated heterocycles. The monoisotopic (exact) mass is 488 g/mol. The minimum Gasteiger partial charge on any atom is -0.454 e. The molecule has 0 spiro atoms. The lowest BCUT2D eigenvalue weighted by Gasteiger charge is -2.36. The second-order valence-corrected chi connectivity index (χ2v) is 8.71. The molecular weight excluding hydrogens is 468 g/mol. The molecule has 0 bridgehead atoms. The summed E-state index contributed by atoms with van der Waals surface area (Å²) in [6.45, 7) is 2.03. The zero-order chi connectivity index (χ0) is 23.8. The molecule has 2 aromatic heterocycles. The van der Waals surface area contributed by atoms with Crippen molar-refractivity contribution in [1.29, 1.82) is 0 Å². The van der Waals surface area contributed by atoms with Crippen LogP contribution >= 0.6 is 11.6 Å². The lowest BCUT2D eigenvalue weighted by Crippen LogP contribution is -2.57. The number of pyridine rings is 1. The molecule has 0 radical (unpaired) electrons. The lowest BCUT2D eigenvalue weighted by molar-refractivity contribution is -0.117. The number of fused-ring (bicyclic) bond motifs is 2. The minimum absolute atomic E-state index is 0.150. The first-order valence-electron chi connectivity index (χ1n) is 11.2. The fraction of sp³-hybridized carbons (Fsp3) is 0.200. The smallest absolute Gasteiger partial charge is 0.248 e. The number of nitrogens with zero attached hydrogens (tertiary/aromatic N) is 4. The number of hydrogen-bond acceptors (Lipinski definition) is 8. The first-order chi connectivity index (χ1) is 17.2. The summed E-state index contributed by atoms with van der Waals surface area (Å²) in [4.78, 5) is 28.9. The summed E-state index contributed by atoms with van der Waals surface area (Å²) in [6, 6.07) is 14.4. The van der Waals surface area contributed by atoms with Crippen LogP contribution in [0.2, 0.25) is 5.02 Å². The molecule has 10 heteroatoms. The Morgan fingerprint density at radius 3 is 2.89 bits per heavy atom. The van der Waals surface area contributed by atoms with Crippen molar-refractivity contribution in [3.05, 3.63) is 66.1 Å². The summed E-state index contributed by atoms with van der Waals surface area (Å²) in [5, 5.41) is 6.82. The van der Waals surface area contributed by atoms with Gasteiger partial charge in [-0.1, -0.05) is 23.7 Å². The number of carbonyl (C=O) groups excluding carboxylic acids is 1. The molecule has 2 N–H and O–H groups in total. The van der Waals surface area contributed by atoms with E-state index in [1.807, 2.05) is 35.2 Å². The lowest BCUT2D eigenvalue weighted by atomic mass is 10.1. The third kappa shape index (κ3) is 4.20. The quantitative estimate of drug-likeness (QED) is 0.450. The Hall–Kier alpha value is -3.95. The molecule has 1 fully saturated rings. The number of rotatable bonds is 4. The Balaban J connectivity index is 1.32. The number of anilines is 2. The number of carbonyl (C=O) groups is 1. The van der Waals surface area contributed by atoms with Crippen LogP contribution in [-0.2, 0) is 4.79 Å². The fourth-order valence-corrected chi connectivity index (χ4v) is 4.55. The van der Waals surface area contributed by atoms with Crippen LogP contribution in [0.1, 0.15) is 0 Å². The van der Waals surface area contributed by atoms with Gasteiger partial charge < -0.3 is 25.0 Å². The molecular formula is C25H21ClN6O3. The molecule has 6 rings (SSSR count). The maximum absolute atomic E-state index is 13.2. The SMILES string of the molecule is O=C(Nc1cccc(Cl)c1)C1CNCCN1c1ncnc2cc(-c3ccc4c(c3)OCO4)cnc12. The summed E-state index contributed by atoms with van der Waals surface area (Å²) in [5.74, 6) is 1.91. The van der Waals surface area contributed by atoms with Gasteiger partial charge in [0.25, 0.3) is 0 Å². The van der Waals surface area contributed by atoms with Crippen LogP contribution in [0.25, 0.3) is 22.2 Å². The predicted octanol–water partition coefficient (Wildman–Crippen LogP) is 3.49. The number of piperazine rings is 1. The van der Waals surface area contributed by atoms with E-state index in [0.717, 1.165) is 23.4 Å². The van der Waals surface area contributed by atoms with Gasteiger partial charge in [0, 0.05) is 42.1 Å². The Morgan fingerprint density at radius 1 is 1.06 bits per heavy atom. The summed E-state index contributed by atoms with van der Waals surface area (Å²) >= 11 is 6.08. The van der Waals surface area contributed by atoms with Crippen LogP contribution in [0.15, 0.2) is 61.1 Å². The maximum atomic E-state index is 13.2. The molecule has 0 saturated carbocycles. The van der Waals surface area contributed by atoms with Crippen molar-refractivity contribution in [2.24, 2.45) is 0 Å². The summed E-state index contributed by atoms with van der Waals surface area (Å²) < 4.78 is 10.9. The Kier molecular flexibility index (Phi) is 5.55. The van der Waals surface area contributed by atoms with Crippen molar-refractivity contribution >= 4 is 40.0 Å². The third-order valence-corrected chi connectivity index (χ3v) is 6.31. The highest BCUT2D eigenvalue weighted by molar-refractivity contribution is 6.30. The van der Waals surface area contributed by atoms with E-state index >= 15 is 0 Å². The number of nitrogens with one attached hydrogen (secondary N) is 2. The van der Waals surface area contributed by atoms with Gasteiger partial charge in [-0.3, -0.25) is 9.78 Å². The standard InChI is InChI=1S/C25H21ClN6O3/c26-17-2-1-3-18(10-17)31-25(33)20-12-27-6-7-32(20)24-23-19(29-13-30-24)8-16(11-28-23)15-4-5-21-22(9-15)35-14-34-21/h1-5,8-11,13,20,27H,6-7,12,14H2,(H,31,33). The van der Waals surface area contributed by atoms with Crippen LogP contribution in [0.3, 0.4) is 0 Å². The number of aromatic nitrogens is 3. The average molecular weight is 489 g/mol. The van der Waals surface area contributed by atoms with Crippen molar-refractivity contribution in [3.8, 4) is 22.6 Å². The molecule has 2 aliphatic rings. The van der Waals surface area contributed by atoms with Crippen molar-refractivity contribution < 1.29 is 14.3 Å². The third-order valence-electron chi connectivity index (χ3n) is 6.07. The minimum atomic E-state index is -0.476. The highest BCUT2D eigenvalue weighted by Crippen LogP contribution is 2.36. The average Bonchev–Trinajstić information content (AvgIpc) is 3.36. The number of hydrogen-bond donors (Lipinski definition) is 2. The zero-order valence-electron chi connectivity index (χ0n) is 18.6. The number of ether oxygens (including phenoxy) is 2. The van der Waals surface area contributed by atoms with E-state index in [4.69, 9.17) is 26.1 Å². The van der Waals surface area contributed by atoms with Crippen molar-refractivity contribution in [2.75, 3.05) is 36.6 Å². The van der Waals surface area contributed by atoms with Crippen LogP contribution in [0.5, 0.6) is 11.5 Å². The first kappa shape index (κ1) is 21.6. The van der Waals surface area contributed by atoms with E-state index in [1.165, 1.54) is 6.33 Å². The highest BCUT2D eigenvalue weighted by Gasteiger charge is 2.31.